The molecule has 2 aromatic carbocycles. The molecule has 0 atom stereocenters. The Kier molecular flexibility index (Phi) is 3.15. The molecule has 2 rings (SSSR count). The van der Waals surface area contributed by atoms with Crippen molar-refractivity contribution < 1.29 is 13.2 Å². The Hall–Kier alpha value is -1.81. The molecule has 0 bridgehead atoms. The first-order valence-electron chi connectivity index (χ1n) is 5.09. The lowest BCUT2D eigenvalue weighted by molar-refractivity contribution is 0.481. The summed E-state index contributed by atoms with van der Waals surface area (Å²) in [6.07, 6.45) is 1.18. The molecule has 0 heterocycles. The lowest BCUT2D eigenvalue weighted by atomic mass is 10.3. The number of ether oxygens (including phenoxy) is 1. The molecular weight excluding hydrogens is 236 g/mol. The lowest BCUT2D eigenvalue weighted by Crippen LogP contribution is -1.96. The van der Waals surface area contributed by atoms with Gasteiger partial charge in [0.05, 0.1) is 4.90 Å². The first-order valence-corrected chi connectivity index (χ1v) is 6.98. The number of hydrogen-bond donors (Lipinski definition) is 0. The van der Waals surface area contributed by atoms with Crippen LogP contribution in [0, 0.1) is 0 Å². The van der Waals surface area contributed by atoms with E-state index >= 15 is 0 Å². The van der Waals surface area contributed by atoms with Gasteiger partial charge in [0.15, 0.2) is 9.84 Å². The maximum absolute atomic E-state index is 11.4. The van der Waals surface area contributed by atoms with Crippen LogP contribution in [0.4, 0.5) is 0 Å². The minimum atomic E-state index is -3.20. The number of para-hydroxylation sites is 1. The van der Waals surface area contributed by atoms with Crippen molar-refractivity contribution in [2.24, 2.45) is 0 Å². The largest absolute Gasteiger partial charge is 0.457 e. The van der Waals surface area contributed by atoms with Gasteiger partial charge in [-0.2, -0.15) is 0 Å². The van der Waals surface area contributed by atoms with Crippen molar-refractivity contribution in [3.8, 4) is 11.5 Å². The van der Waals surface area contributed by atoms with Gasteiger partial charge in [-0.1, -0.05) is 24.3 Å². The molecule has 0 saturated carbocycles. The number of sulfone groups is 1. The van der Waals surface area contributed by atoms with Crippen molar-refractivity contribution >= 4 is 9.84 Å². The summed E-state index contributed by atoms with van der Waals surface area (Å²) in [6, 6.07) is 15.7. The predicted molar refractivity (Wildman–Crippen MR) is 66.1 cm³/mol. The number of benzene rings is 2. The van der Waals surface area contributed by atoms with Gasteiger partial charge in [0.2, 0.25) is 0 Å². The van der Waals surface area contributed by atoms with Crippen LogP contribution in [0.3, 0.4) is 0 Å². The lowest BCUT2D eigenvalue weighted by Gasteiger charge is -2.06. The zero-order valence-corrected chi connectivity index (χ0v) is 10.1. The van der Waals surface area contributed by atoms with E-state index in [-0.39, 0.29) is 4.90 Å². The summed E-state index contributed by atoms with van der Waals surface area (Å²) in [4.78, 5) is 0.255. The van der Waals surface area contributed by atoms with E-state index in [9.17, 15) is 8.42 Å². The maximum atomic E-state index is 11.4. The van der Waals surface area contributed by atoms with Crippen LogP contribution in [0.15, 0.2) is 59.5 Å². The summed E-state index contributed by atoms with van der Waals surface area (Å²) in [6.45, 7) is 0. The number of hydrogen-bond acceptors (Lipinski definition) is 3. The Morgan fingerprint density at radius 1 is 0.882 bits per heavy atom. The molecule has 0 amide bonds. The maximum Gasteiger partial charge on any atom is 0.175 e. The Balaban J connectivity index is 2.29. The first kappa shape index (κ1) is 11.7. The summed E-state index contributed by atoms with van der Waals surface area (Å²) in [5.41, 5.74) is 0. The van der Waals surface area contributed by atoms with Crippen LogP contribution in [-0.4, -0.2) is 14.7 Å². The minimum Gasteiger partial charge on any atom is -0.457 e. The summed E-state index contributed by atoms with van der Waals surface area (Å²) in [7, 11) is -3.20. The molecule has 4 heteroatoms. The SMILES string of the molecule is CS(=O)(=O)c1cccc(Oc2ccccc2)c1. The zero-order valence-electron chi connectivity index (χ0n) is 9.33. The smallest absolute Gasteiger partial charge is 0.175 e. The molecular formula is C13H12O3S. The van der Waals surface area contributed by atoms with Crippen molar-refractivity contribution in [3.05, 3.63) is 54.6 Å². The van der Waals surface area contributed by atoms with E-state index in [2.05, 4.69) is 0 Å². The molecule has 0 saturated heterocycles. The summed E-state index contributed by atoms with van der Waals surface area (Å²) >= 11 is 0. The molecule has 0 radical (unpaired) electrons. The van der Waals surface area contributed by atoms with Crippen LogP contribution in [0.1, 0.15) is 0 Å². The van der Waals surface area contributed by atoms with Gasteiger partial charge in [-0.3, -0.25) is 0 Å². The first-order chi connectivity index (χ1) is 8.05. The molecule has 0 fully saturated rings. The van der Waals surface area contributed by atoms with Crippen molar-refractivity contribution in [2.75, 3.05) is 6.26 Å². The quantitative estimate of drug-likeness (QED) is 0.838. The average molecular weight is 248 g/mol. The highest BCUT2D eigenvalue weighted by Crippen LogP contribution is 2.23. The zero-order chi connectivity index (χ0) is 12.3. The molecule has 0 aliphatic rings. The highest BCUT2D eigenvalue weighted by molar-refractivity contribution is 7.90. The number of rotatable bonds is 3. The van der Waals surface area contributed by atoms with E-state index in [0.29, 0.717) is 11.5 Å². The standard InChI is InChI=1S/C13H12O3S/c1-17(14,15)13-9-5-8-12(10-13)16-11-6-3-2-4-7-11/h2-10H,1H3. The van der Waals surface area contributed by atoms with Crippen LogP contribution in [-0.2, 0) is 9.84 Å². The fraction of sp³-hybridized carbons (Fsp3) is 0.0769. The second-order valence-corrected chi connectivity index (χ2v) is 5.68. The Morgan fingerprint density at radius 3 is 2.18 bits per heavy atom. The molecule has 0 N–H and O–H groups in total. The Labute approximate surface area is 101 Å². The van der Waals surface area contributed by atoms with Gasteiger partial charge < -0.3 is 4.74 Å². The van der Waals surface area contributed by atoms with Crippen LogP contribution in [0.5, 0.6) is 11.5 Å². The van der Waals surface area contributed by atoms with Gasteiger partial charge in [-0.15, -0.1) is 0 Å². The Bertz CT molecular complexity index is 604. The molecule has 0 spiro atoms. The monoisotopic (exact) mass is 248 g/mol. The normalized spacial score (nSPS) is 11.1. The van der Waals surface area contributed by atoms with Gasteiger partial charge in [-0.25, -0.2) is 8.42 Å². The Morgan fingerprint density at radius 2 is 1.53 bits per heavy atom. The van der Waals surface area contributed by atoms with Gasteiger partial charge >= 0.3 is 0 Å². The van der Waals surface area contributed by atoms with E-state index in [1.165, 1.54) is 12.3 Å². The van der Waals surface area contributed by atoms with Crippen LogP contribution in [0.2, 0.25) is 0 Å². The molecule has 0 aliphatic carbocycles. The topological polar surface area (TPSA) is 43.4 Å². The highest BCUT2D eigenvalue weighted by atomic mass is 32.2. The third-order valence-electron chi connectivity index (χ3n) is 2.21. The van der Waals surface area contributed by atoms with Gasteiger partial charge in [-0.05, 0) is 30.3 Å². The van der Waals surface area contributed by atoms with E-state index in [1.807, 2.05) is 30.3 Å². The van der Waals surface area contributed by atoms with Crippen LogP contribution in [0.25, 0.3) is 0 Å². The molecule has 3 nitrogen and oxygen atoms in total. The molecule has 0 aliphatic heterocycles. The van der Waals surface area contributed by atoms with E-state index in [1.54, 1.807) is 18.2 Å². The second-order valence-electron chi connectivity index (χ2n) is 3.66. The minimum absolute atomic E-state index is 0.255. The molecule has 88 valence electrons. The van der Waals surface area contributed by atoms with E-state index in [4.69, 9.17) is 4.74 Å². The third-order valence-corrected chi connectivity index (χ3v) is 3.32. The van der Waals surface area contributed by atoms with Gasteiger partial charge in [0.25, 0.3) is 0 Å². The molecule has 0 aromatic heterocycles. The second kappa shape index (κ2) is 4.59. The van der Waals surface area contributed by atoms with Gasteiger partial charge in [0.1, 0.15) is 11.5 Å². The highest BCUT2D eigenvalue weighted by Gasteiger charge is 2.07. The molecule has 0 unspecified atom stereocenters. The summed E-state index contributed by atoms with van der Waals surface area (Å²) < 4.78 is 28.3. The fourth-order valence-electron chi connectivity index (χ4n) is 1.39. The molecule has 17 heavy (non-hydrogen) atoms. The average Bonchev–Trinajstić information content (AvgIpc) is 2.29. The van der Waals surface area contributed by atoms with E-state index in [0.717, 1.165) is 0 Å². The molecule has 2 aromatic rings. The van der Waals surface area contributed by atoms with Crippen molar-refractivity contribution in [1.82, 2.24) is 0 Å². The van der Waals surface area contributed by atoms with Crippen molar-refractivity contribution in [3.63, 3.8) is 0 Å². The summed E-state index contributed by atoms with van der Waals surface area (Å²) in [5, 5.41) is 0. The van der Waals surface area contributed by atoms with Crippen LogP contribution < -0.4 is 4.74 Å². The van der Waals surface area contributed by atoms with Crippen molar-refractivity contribution in [2.45, 2.75) is 4.90 Å². The fourth-order valence-corrected chi connectivity index (χ4v) is 2.05. The van der Waals surface area contributed by atoms with Crippen LogP contribution >= 0.6 is 0 Å². The van der Waals surface area contributed by atoms with Gasteiger partial charge in [0, 0.05) is 6.26 Å². The van der Waals surface area contributed by atoms with E-state index < -0.39 is 9.84 Å². The van der Waals surface area contributed by atoms with Crippen molar-refractivity contribution in [1.29, 1.82) is 0 Å². The third kappa shape index (κ3) is 3.07. The predicted octanol–water partition coefficient (Wildman–Crippen LogP) is 2.88. The summed E-state index contributed by atoms with van der Waals surface area (Å²) in [5.74, 6) is 1.19.